The normalized spacial score (nSPS) is 20.1. The van der Waals surface area contributed by atoms with Crippen molar-refractivity contribution < 1.29 is 17.6 Å². The van der Waals surface area contributed by atoms with Gasteiger partial charge in [0.15, 0.2) is 0 Å². The molecule has 3 rings (SSSR count). The molecule has 27 heavy (non-hydrogen) atoms. The van der Waals surface area contributed by atoms with E-state index in [4.69, 9.17) is 5.73 Å². The molecule has 0 atom stereocenters. The van der Waals surface area contributed by atoms with Gasteiger partial charge in [0, 0.05) is 17.6 Å². The Morgan fingerprint density at radius 1 is 1.04 bits per heavy atom. The molecule has 0 saturated heterocycles. The minimum absolute atomic E-state index is 0.0362. The minimum Gasteiger partial charge on any atom is -0.349 e. The quantitative estimate of drug-likeness (QED) is 0.729. The summed E-state index contributed by atoms with van der Waals surface area (Å²) in [6.45, 7) is 0. The molecule has 0 unspecified atom stereocenters. The average molecular weight is 391 g/mol. The maximum Gasteiger partial charge on any atom is 0.262 e. The van der Waals surface area contributed by atoms with Gasteiger partial charge in [-0.2, -0.15) is 0 Å². The molecule has 144 valence electrons. The number of halogens is 1. The topological polar surface area (TPSA) is 101 Å². The van der Waals surface area contributed by atoms with Crippen molar-refractivity contribution in [3.8, 4) is 0 Å². The number of benzene rings is 2. The highest BCUT2D eigenvalue weighted by Crippen LogP contribution is 2.21. The summed E-state index contributed by atoms with van der Waals surface area (Å²) in [5.74, 6) is -1.01. The van der Waals surface area contributed by atoms with Crippen molar-refractivity contribution in [2.24, 2.45) is 5.73 Å². The fourth-order valence-corrected chi connectivity index (χ4v) is 4.20. The molecule has 0 bridgehead atoms. The molecular weight excluding hydrogens is 369 g/mol. The van der Waals surface area contributed by atoms with Crippen molar-refractivity contribution in [3.63, 3.8) is 0 Å². The first kappa shape index (κ1) is 19.3. The van der Waals surface area contributed by atoms with Gasteiger partial charge in [-0.3, -0.25) is 9.52 Å². The summed E-state index contributed by atoms with van der Waals surface area (Å²) >= 11 is 0. The molecule has 0 aromatic heterocycles. The third-order valence-corrected chi connectivity index (χ3v) is 5.99. The first-order chi connectivity index (χ1) is 12.8. The lowest BCUT2D eigenvalue weighted by atomic mass is 9.91. The van der Waals surface area contributed by atoms with Gasteiger partial charge in [0.2, 0.25) is 0 Å². The zero-order chi connectivity index (χ0) is 19.4. The van der Waals surface area contributed by atoms with Crippen LogP contribution in [0.3, 0.4) is 0 Å². The number of carbonyl (C=O) groups is 1. The van der Waals surface area contributed by atoms with Crippen LogP contribution in [0.15, 0.2) is 53.4 Å². The van der Waals surface area contributed by atoms with E-state index in [1.165, 1.54) is 36.4 Å². The van der Waals surface area contributed by atoms with Crippen LogP contribution in [0.5, 0.6) is 0 Å². The van der Waals surface area contributed by atoms with Crippen molar-refractivity contribution in [1.82, 2.24) is 5.32 Å². The molecule has 1 aliphatic rings. The SMILES string of the molecule is NC1CCC(NC(=O)c2cccc(S(=O)(=O)Nc3ccccc3F)c2)CC1. The molecule has 0 heterocycles. The van der Waals surface area contributed by atoms with Crippen LogP contribution < -0.4 is 15.8 Å². The summed E-state index contributed by atoms with van der Waals surface area (Å²) in [6, 6.07) is 11.4. The molecule has 2 aromatic carbocycles. The van der Waals surface area contributed by atoms with E-state index in [0.717, 1.165) is 31.7 Å². The first-order valence-corrected chi connectivity index (χ1v) is 10.3. The molecule has 6 nitrogen and oxygen atoms in total. The van der Waals surface area contributed by atoms with Gasteiger partial charge in [-0.25, -0.2) is 12.8 Å². The second kappa shape index (κ2) is 8.06. The van der Waals surface area contributed by atoms with E-state index < -0.39 is 15.8 Å². The van der Waals surface area contributed by atoms with E-state index >= 15 is 0 Å². The zero-order valence-electron chi connectivity index (χ0n) is 14.7. The van der Waals surface area contributed by atoms with E-state index in [1.54, 1.807) is 6.07 Å². The highest BCUT2D eigenvalue weighted by molar-refractivity contribution is 7.92. The van der Waals surface area contributed by atoms with Gasteiger partial charge < -0.3 is 11.1 Å². The summed E-state index contributed by atoms with van der Waals surface area (Å²) in [5.41, 5.74) is 5.96. The van der Waals surface area contributed by atoms with Gasteiger partial charge in [0.25, 0.3) is 15.9 Å². The maximum absolute atomic E-state index is 13.7. The number of carbonyl (C=O) groups excluding carboxylic acids is 1. The van der Waals surface area contributed by atoms with Gasteiger partial charge in [-0.1, -0.05) is 18.2 Å². The second-order valence-electron chi connectivity index (χ2n) is 6.70. The van der Waals surface area contributed by atoms with E-state index in [0.29, 0.717) is 0 Å². The zero-order valence-corrected chi connectivity index (χ0v) is 15.5. The van der Waals surface area contributed by atoms with E-state index in [-0.39, 0.29) is 34.1 Å². The van der Waals surface area contributed by atoms with Crippen LogP contribution in [0, 0.1) is 5.82 Å². The summed E-state index contributed by atoms with van der Waals surface area (Å²) in [6.07, 6.45) is 3.32. The second-order valence-corrected chi connectivity index (χ2v) is 8.38. The van der Waals surface area contributed by atoms with Crippen molar-refractivity contribution in [1.29, 1.82) is 0 Å². The average Bonchev–Trinajstić information content (AvgIpc) is 2.65. The summed E-state index contributed by atoms with van der Waals surface area (Å²) in [7, 11) is -4.02. The minimum atomic E-state index is -4.02. The Bertz CT molecular complexity index is 925. The number of anilines is 1. The summed E-state index contributed by atoms with van der Waals surface area (Å²) in [5, 5.41) is 2.92. The number of rotatable bonds is 5. The number of nitrogens with two attached hydrogens (primary N) is 1. The van der Waals surface area contributed by atoms with Gasteiger partial charge in [-0.15, -0.1) is 0 Å². The summed E-state index contributed by atoms with van der Waals surface area (Å²) < 4.78 is 41.0. The molecule has 8 heteroatoms. The van der Waals surface area contributed by atoms with Crippen LogP contribution in [-0.4, -0.2) is 26.4 Å². The Morgan fingerprint density at radius 2 is 1.74 bits per heavy atom. The molecular formula is C19H22FN3O3S. The van der Waals surface area contributed by atoms with Crippen molar-refractivity contribution in [3.05, 3.63) is 59.9 Å². The number of amides is 1. The van der Waals surface area contributed by atoms with Gasteiger partial charge >= 0.3 is 0 Å². The summed E-state index contributed by atoms with van der Waals surface area (Å²) in [4.78, 5) is 12.4. The highest BCUT2D eigenvalue weighted by Gasteiger charge is 2.22. The molecule has 2 aromatic rings. The predicted octanol–water partition coefficient (Wildman–Crippen LogP) is 2.63. The predicted molar refractivity (Wildman–Crippen MR) is 101 cm³/mol. The van der Waals surface area contributed by atoms with E-state index in [1.807, 2.05) is 0 Å². The van der Waals surface area contributed by atoms with Crippen molar-refractivity contribution in [2.75, 3.05) is 4.72 Å². The van der Waals surface area contributed by atoms with Crippen molar-refractivity contribution in [2.45, 2.75) is 42.7 Å². The molecule has 1 amide bonds. The Morgan fingerprint density at radius 3 is 2.44 bits per heavy atom. The number of hydrogen-bond donors (Lipinski definition) is 3. The molecule has 0 spiro atoms. The fourth-order valence-electron chi connectivity index (χ4n) is 3.08. The lowest BCUT2D eigenvalue weighted by molar-refractivity contribution is 0.0925. The number of nitrogens with one attached hydrogen (secondary N) is 2. The van der Waals surface area contributed by atoms with Crippen molar-refractivity contribution >= 4 is 21.6 Å². The molecule has 0 aliphatic heterocycles. The Labute approximate surface area is 158 Å². The Kier molecular flexibility index (Phi) is 5.76. The standard InChI is InChI=1S/C19H22FN3O3S/c20-17-6-1-2-7-18(17)23-27(25,26)16-5-3-4-13(12-16)19(24)22-15-10-8-14(21)9-11-15/h1-7,12,14-15,23H,8-11,21H2,(H,22,24). The maximum atomic E-state index is 13.7. The van der Waals surface area contributed by atoms with Crippen LogP contribution in [0.4, 0.5) is 10.1 Å². The molecule has 1 aliphatic carbocycles. The lowest BCUT2D eigenvalue weighted by Gasteiger charge is -2.26. The highest BCUT2D eigenvalue weighted by atomic mass is 32.2. The molecule has 4 N–H and O–H groups in total. The van der Waals surface area contributed by atoms with Crippen LogP contribution in [-0.2, 0) is 10.0 Å². The monoisotopic (exact) mass is 391 g/mol. The van der Waals surface area contributed by atoms with E-state index in [9.17, 15) is 17.6 Å². The smallest absolute Gasteiger partial charge is 0.262 e. The van der Waals surface area contributed by atoms with E-state index in [2.05, 4.69) is 10.0 Å². The number of hydrogen-bond acceptors (Lipinski definition) is 4. The largest absolute Gasteiger partial charge is 0.349 e. The Hall–Kier alpha value is -2.45. The van der Waals surface area contributed by atoms with Gasteiger partial charge in [-0.05, 0) is 56.0 Å². The van der Waals surface area contributed by atoms with Crippen LogP contribution >= 0.6 is 0 Å². The molecule has 1 saturated carbocycles. The van der Waals surface area contributed by atoms with Crippen LogP contribution in [0.2, 0.25) is 0 Å². The van der Waals surface area contributed by atoms with Crippen LogP contribution in [0.25, 0.3) is 0 Å². The molecule has 1 fully saturated rings. The lowest BCUT2D eigenvalue weighted by Crippen LogP contribution is -2.40. The fraction of sp³-hybridized carbons (Fsp3) is 0.316. The van der Waals surface area contributed by atoms with Gasteiger partial charge in [0.05, 0.1) is 10.6 Å². The van der Waals surface area contributed by atoms with Gasteiger partial charge in [0.1, 0.15) is 5.82 Å². The number of para-hydroxylation sites is 1. The third kappa shape index (κ3) is 4.84. The number of sulfonamides is 1. The first-order valence-electron chi connectivity index (χ1n) is 8.79. The Balaban J connectivity index is 1.74. The third-order valence-electron chi connectivity index (χ3n) is 4.63. The molecule has 0 radical (unpaired) electrons. The van der Waals surface area contributed by atoms with Crippen LogP contribution in [0.1, 0.15) is 36.0 Å².